The minimum absolute atomic E-state index is 0.285. The summed E-state index contributed by atoms with van der Waals surface area (Å²) in [6, 6.07) is 22.7. The maximum Gasteiger partial charge on any atom is 0.271 e. The molecule has 3 aromatic carbocycles. The van der Waals surface area contributed by atoms with Crippen molar-refractivity contribution in [3.63, 3.8) is 0 Å². The molecule has 3 rings (SSSR count). The molecule has 5 nitrogen and oxygen atoms in total. The molecule has 0 unspecified atom stereocenters. The van der Waals surface area contributed by atoms with Gasteiger partial charge in [0, 0.05) is 11.1 Å². The van der Waals surface area contributed by atoms with Crippen LogP contribution >= 0.6 is 0 Å². The maximum atomic E-state index is 12.3. The van der Waals surface area contributed by atoms with Gasteiger partial charge in [0.2, 0.25) is 0 Å². The molecule has 0 aliphatic rings. The van der Waals surface area contributed by atoms with E-state index in [1.54, 1.807) is 44.6 Å². The van der Waals surface area contributed by atoms with Crippen LogP contribution in [0.4, 0.5) is 0 Å². The molecule has 136 valence electrons. The van der Waals surface area contributed by atoms with E-state index in [9.17, 15) is 4.79 Å². The van der Waals surface area contributed by atoms with Crippen molar-refractivity contribution in [1.82, 2.24) is 5.43 Å². The first kappa shape index (κ1) is 18.2. The molecular formula is C22H20N2O3. The predicted octanol–water partition coefficient (Wildman–Crippen LogP) is 4.13. The Labute approximate surface area is 158 Å². The Hall–Kier alpha value is -3.60. The van der Waals surface area contributed by atoms with Gasteiger partial charge in [0.1, 0.15) is 11.5 Å². The van der Waals surface area contributed by atoms with E-state index in [0.717, 1.165) is 11.1 Å². The third-order valence-corrected chi connectivity index (χ3v) is 4.06. The van der Waals surface area contributed by atoms with E-state index in [4.69, 9.17) is 9.47 Å². The normalized spacial score (nSPS) is 10.6. The van der Waals surface area contributed by atoms with Crippen LogP contribution in [0.25, 0.3) is 11.1 Å². The quantitative estimate of drug-likeness (QED) is 0.531. The Bertz CT molecular complexity index is 936. The number of hydrogen-bond donors (Lipinski definition) is 1. The van der Waals surface area contributed by atoms with Crippen LogP contribution in [-0.4, -0.2) is 26.3 Å². The third-order valence-electron chi connectivity index (χ3n) is 4.06. The fourth-order valence-corrected chi connectivity index (χ4v) is 2.61. The number of benzene rings is 3. The summed E-state index contributed by atoms with van der Waals surface area (Å²) in [4.78, 5) is 12.3. The highest BCUT2D eigenvalue weighted by Gasteiger charge is 2.06. The van der Waals surface area contributed by atoms with Crippen LogP contribution in [-0.2, 0) is 0 Å². The minimum Gasteiger partial charge on any atom is -0.497 e. The van der Waals surface area contributed by atoms with Gasteiger partial charge in [-0.1, -0.05) is 42.5 Å². The summed E-state index contributed by atoms with van der Waals surface area (Å²) in [5.41, 5.74) is 5.92. The first-order valence-corrected chi connectivity index (χ1v) is 8.42. The lowest BCUT2D eigenvalue weighted by molar-refractivity contribution is 0.0955. The molecule has 0 aliphatic carbocycles. The van der Waals surface area contributed by atoms with Crippen LogP contribution in [0.1, 0.15) is 15.9 Å². The lowest BCUT2D eigenvalue weighted by Crippen LogP contribution is -2.17. The van der Waals surface area contributed by atoms with Gasteiger partial charge >= 0.3 is 0 Å². The van der Waals surface area contributed by atoms with E-state index in [0.29, 0.717) is 22.6 Å². The van der Waals surface area contributed by atoms with Gasteiger partial charge in [-0.2, -0.15) is 5.10 Å². The molecule has 0 spiro atoms. The van der Waals surface area contributed by atoms with E-state index in [1.165, 1.54) is 6.21 Å². The number of carbonyl (C=O) groups excluding carboxylic acids is 1. The summed E-state index contributed by atoms with van der Waals surface area (Å²) >= 11 is 0. The van der Waals surface area contributed by atoms with E-state index < -0.39 is 0 Å². The lowest BCUT2D eigenvalue weighted by atomic mass is 10.0. The molecule has 1 amide bonds. The number of amides is 1. The summed E-state index contributed by atoms with van der Waals surface area (Å²) in [6.07, 6.45) is 1.53. The van der Waals surface area contributed by atoms with Crippen LogP contribution in [0.2, 0.25) is 0 Å². The van der Waals surface area contributed by atoms with E-state index in [2.05, 4.69) is 10.5 Å². The zero-order valence-corrected chi connectivity index (χ0v) is 15.2. The predicted molar refractivity (Wildman–Crippen MR) is 106 cm³/mol. The van der Waals surface area contributed by atoms with Crippen molar-refractivity contribution in [2.24, 2.45) is 5.10 Å². The van der Waals surface area contributed by atoms with Gasteiger partial charge in [-0.25, -0.2) is 5.43 Å². The average molecular weight is 360 g/mol. The number of hydrogen-bond acceptors (Lipinski definition) is 4. The molecule has 0 fully saturated rings. The largest absolute Gasteiger partial charge is 0.497 e. The molecule has 5 heteroatoms. The van der Waals surface area contributed by atoms with E-state index in [1.807, 2.05) is 42.5 Å². The van der Waals surface area contributed by atoms with Gasteiger partial charge in [-0.3, -0.25) is 4.79 Å². The molecule has 0 atom stereocenters. The summed E-state index contributed by atoms with van der Waals surface area (Å²) in [7, 11) is 3.16. The monoisotopic (exact) mass is 360 g/mol. The molecule has 0 bridgehead atoms. The van der Waals surface area contributed by atoms with Crippen molar-refractivity contribution in [2.75, 3.05) is 14.2 Å². The minimum atomic E-state index is -0.285. The van der Waals surface area contributed by atoms with Gasteiger partial charge in [0.15, 0.2) is 0 Å². The Morgan fingerprint density at radius 3 is 2.26 bits per heavy atom. The molecule has 0 saturated carbocycles. The number of rotatable bonds is 6. The topological polar surface area (TPSA) is 59.9 Å². The van der Waals surface area contributed by atoms with Crippen molar-refractivity contribution >= 4 is 12.1 Å². The SMILES string of the molecule is COc1ccc(OC)c(/C=N\NC(=O)c2ccc(-c3ccccc3)cc2)c1. The Morgan fingerprint density at radius 1 is 0.889 bits per heavy atom. The fraction of sp³-hybridized carbons (Fsp3) is 0.0909. The van der Waals surface area contributed by atoms with Gasteiger partial charge in [0.05, 0.1) is 20.4 Å². The first-order valence-electron chi connectivity index (χ1n) is 8.42. The van der Waals surface area contributed by atoms with Gasteiger partial charge in [-0.15, -0.1) is 0 Å². The maximum absolute atomic E-state index is 12.3. The zero-order valence-electron chi connectivity index (χ0n) is 15.2. The Morgan fingerprint density at radius 2 is 1.59 bits per heavy atom. The van der Waals surface area contributed by atoms with Crippen LogP contribution in [0.15, 0.2) is 77.9 Å². The first-order chi connectivity index (χ1) is 13.2. The molecular weight excluding hydrogens is 340 g/mol. The second-order valence-electron chi connectivity index (χ2n) is 5.75. The van der Waals surface area contributed by atoms with Gasteiger partial charge in [-0.05, 0) is 41.5 Å². The highest BCUT2D eigenvalue weighted by molar-refractivity contribution is 5.95. The van der Waals surface area contributed by atoms with Crippen molar-refractivity contribution in [1.29, 1.82) is 0 Å². The molecule has 3 aromatic rings. The number of ether oxygens (including phenoxy) is 2. The standard InChI is InChI=1S/C22H20N2O3/c1-26-20-12-13-21(27-2)19(14-20)15-23-24-22(25)18-10-8-17(9-11-18)16-6-4-3-5-7-16/h3-15H,1-2H3,(H,24,25)/b23-15-. The molecule has 27 heavy (non-hydrogen) atoms. The highest BCUT2D eigenvalue weighted by Crippen LogP contribution is 2.22. The second-order valence-corrected chi connectivity index (χ2v) is 5.75. The molecule has 0 heterocycles. The van der Waals surface area contributed by atoms with Crippen molar-refractivity contribution in [3.05, 3.63) is 83.9 Å². The average Bonchev–Trinajstić information content (AvgIpc) is 2.74. The van der Waals surface area contributed by atoms with Crippen molar-refractivity contribution in [3.8, 4) is 22.6 Å². The van der Waals surface area contributed by atoms with Crippen LogP contribution < -0.4 is 14.9 Å². The summed E-state index contributed by atoms with van der Waals surface area (Å²) < 4.78 is 10.5. The van der Waals surface area contributed by atoms with E-state index >= 15 is 0 Å². The number of carbonyl (C=O) groups is 1. The fourth-order valence-electron chi connectivity index (χ4n) is 2.61. The van der Waals surface area contributed by atoms with E-state index in [-0.39, 0.29) is 5.91 Å². The zero-order chi connectivity index (χ0) is 19.1. The van der Waals surface area contributed by atoms with Gasteiger partial charge in [0.25, 0.3) is 5.91 Å². The smallest absolute Gasteiger partial charge is 0.271 e. The van der Waals surface area contributed by atoms with Gasteiger partial charge < -0.3 is 9.47 Å². The molecule has 0 aromatic heterocycles. The Kier molecular flexibility index (Phi) is 5.84. The summed E-state index contributed by atoms with van der Waals surface area (Å²) in [6.45, 7) is 0. The molecule has 0 saturated heterocycles. The van der Waals surface area contributed by atoms with Crippen molar-refractivity contribution < 1.29 is 14.3 Å². The Balaban J connectivity index is 1.68. The number of nitrogens with one attached hydrogen (secondary N) is 1. The molecule has 0 radical (unpaired) electrons. The van der Waals surface area contributed by atoms with Crippen LogP contribution in [0.5, 0.6) is 11.5 Å². The molecule has 0 aliphatic heterocycles. The lowest BCUT2D eigenvalue weighted by Gasteiger charge is -2.07. The third kappa shape index (κ3) is 4.52. The molecule has 1 N–H and O–H groups in total. The summed E-state index contributed by atoms with van der Waals surface area (Å²) in [5, 5.41) is 4.02. The summed E-state index contributed by atoms with van der Waals surface area (Å²) in [5.74, 6) is 1.04. The highest BCUT2D eigenvalue weighted by atomic mass is 16.5. The number of methoxy groups -OCH3 is 2. The second kappa shape index (κ2) is 8.67. The number of nitrogens with zero attached hydrogens (tertiary/aromatic N) is 1. The van der Waals surface area contributed by atoms with Crippen LogP contribution in [0.3, 0.4) is 0 Å². The number of hydrazone groups is 1. The van der Waals surface area contributed by atoms with Crippen molar-refractivity contribution in [2.45, 2.75) is 0 Å². The van der Waals surface area contributed by atoms with Crippen LogP contribution in [0, 0.1) is 0 Å².